The van der Waals surface area contributed by atoms with Crippen molar-refractivity contribution >= 4 is 10.9 Å². The summed E-state index contributed by atoms with van der Waals surface area (Å²) in [6, 6.07) is 20.2. The molecule has 0 aliphatic rings. The van der Waals surface area contributed by atoms with Gasteiger partial charge in [-0.3, -0.25) is 4.57 Å². The van der Waals surface area contributed by atoms with E-state index in [1.54, 1.807) is 19.5 Å². The first-order valence-corrected chi connectivity index (χ1v) is 7.39. The number of hydrogen-bond acceptors (Lipinski definition) is 3. The minimum absolute atomic E-state index is 0.666. The molecular formula is C19H15N3O. The van der Waals surface area contributed by atoms with Crippen LogP contribution in [0, 0.1) is 0 Å². The maximum absolute atomic E-state index is 5.25. The van der Waals surface area contributed by atoms with Gasteiger partial charge in [-0.1, -0.05) is 18.2 Å². The van der Waals surface area contributed by atoms with Crippen molar-refractivity contribution in [1.29, 1.82) is 0 Å². The molecule has 0 fully saturated rings. The molecule has 2 aromatic heterocycles. The number of benzene rings is 2. The molecule has 4 rings (SSSR count). The van der Waals surface area contributed by atoms with Crippen molar-refractivity contribution in [2.24, 2.45) is 0 Å². The molecule has 0 bridgehead atoms. The van der Waals surface area contributed by atoms with Gasteiger partial charge in [-0.25, -0.2) is 9.97 Å². The third kappa shape index (κ3) is 2.34. The van der Waals surface area contributed by atoms with Crippen LogP contribution in [-0.4, -0.2) is 21.6 Å². The summed E-state index contributed by atoms with van der Waals surface area (Å²) in [5, 5.41) is 1.16. The van der Waals surface area contributed by atoms with E-state index in [9.17, 15) is 0 Å². The number of rotatable bonds is 3. The molecule has 0 atom stereocenters. The molecule has 2 aromatic carbocycles. The molecule has 0 unspecified atom stereocenters. The molecule has 0 saturated heterocycles. The second kappa shape index (κ2) is 5.57. The van der Waals surface area contributed by atoms with Gasteiger partial charge < -0.3 is 4.74 Å². The van der Waals surface area contributed by atoms with E-state index in [1.807, 2.05) is 42.5 Å². The monoisotopic (exact) mass is 301 g/mol. The summed E-state index contributed by atoms with van der Waals surface area (Å²) in [4.78, 5) is 8.84. The van der Waals surface area contributed by atoms with Crippen molar-refractivity contribution in [2.45, 2.75) is 0 Å². The zero-order chi connectivity index (χ0) is 15.6. The zero-order valence-corrected chi connectivity index (χ0v) is 12.7. The Morgan fingerprint density at radius 2 is 1.61 bits per heavy atom. The second-order valence-corrected chi connectivity index (χ2v) is 5.20. The van der Waals surface area contributed by atoms with Crippen LogP contribution in [0.25, 0.3) is 28.1 Å². The first-order chi connectivity index (χ1) is 11.4. The molecule has 0 aliphatic heterocycles. The van der Waals surface area contributed by atoms with Crippen LogP contribution in [-0.2, 0) is 0 Å². The lowest BCUT2D eigenvalue weighted by atomic mass is 10.1. The molecule has 4 heteroatoms. The summed E-state index contributed by atoms with van der Waals surface area (Å²) >= 11 is 0. The Morgan fingerprint density at radius 1 is 0.870 bits per heavy atom. The van der Waals surface area contributed by atoms with Crippen molar-refractivity contribution < 1.29 is 4.74 Å². The van der Waals surface area contributed by atoms with Crippen molar-refractivity contribution in [2.75, 3.05) is 7.11 Å². The fourth-order valence-corrected chi connectivity index (χ4v) is 2.75. The van der Waals surface area contributed by atoms with E-state index < -0.39 is 0 Å². The fraction of sp³-hybridized carbons (Fsp3) is 0.0526. The summed E-state index contributed by atoms with van der Waals surface area (Å²) in [6.45, 7) is 0. The van der Waals surface area contributed by atoms with Gasteiger partial charge in [-0.2, -0.15) is 0 Å². The number of methoxy groups -OCH3 is 1. The largest absolute Gasteiger partial charge is 0.497 e. The molecule has 0 saturated carbocycles. The molecule has 4 aromatic rings. The molecule has 2 heterocycles. The summed E-state index contributed by atoms with van der Waals surface area (Å²) < 4.78 is 7.33. The molecular weight excluding hydrogens is 286 g/mol. The van der Waals surface area contributed by atoms with Crippen molar-refractivity contribution in [3.8, 4) is 23.0 Å². The van der Waals surface area contributed by atoms with E-state index in [0.29, 0.717) is 5.95 Å². The van der Waals surface area contributed by atoms with Crippen LogP contribution in [0.5, 0.6) is 5.75 Å². The van der Waals surface area contributed by atoms with Crippen LogP contribution in [0.15, 0.2) is 73.1 Å². The maximum Gasteiger partial charge on any atom is 0.234 e. The van der Waals surface area contributed by atoms with Gasteiger partial charge in [0, 0.05) is 17.8 Å². The number of aromatic nitrogens is 3. The van der Waals surface area contributed by atoms with E-state index in [1.165, 1.54) is 0 Å². The molecule has 4 nitrogen and oxygen atoms in total. The van der Waals surface area contributed by atoms with Crippen LogP contribution < -0.4 is 4.74 Å². The minimum Gasteiger partial charge on any atom is -0.497 e. The average Bonchev–Trinajstić information content (AvgIpc) is 3.02. The van der Waals surface area contributed by atoms with Gasteiger partial charge >= 0.3 is 0 Å². The smallest absolute Gasteiger partial charge is 0.234 e. The van der Waals surface area contributed by atoms with E-state index in [4.69, 9.17) is 4.74 Å². The van der Waals surface area contributed by atoms with Gasteiger partial charge in [0.15, 0.2) is 0 Å². The molecule has 0 spiro atoms. The summed E-state index contributed by atoms with van der Waals surface area (Å²) in [6.07, 6.45) is 3.52. The summed E-state index contributed by atoms with van der Waals surface area (Å²) in [5.41, 5.74) is 3.24. The number of hydrogen-bond donors (Lipinski definition) is 0. The van der Waals surface area contributed by atoms with Crippen LogP contribution in [0.4, 0.5) is 0 Å². The zero-order valence-electron chi connectivity index (χ0n) is 12.7. The first kappa shape index (κ1) is 13.5. The van der Waals surface area contributed by atoms with Gasteiger partial charge in [-0.05, 0) is 48.0 Å². The van der Waals surface area contributed by atoms with E-state index in [2.05, 4.69) is 32.7 Å². The van der Waals surface area contributed by atoms with Gasteiger partial charge in [-0.15, -0.1) is 0 Å². The number of ether oxygens (including phenoxy) is 1. The predicted octanol–water partition coefficient (Wildman–Crippen LogP) is 4.10. The van der Waals surface area contributed by atoms with Crippen molar-refractivity contribution in [1.82, 2.24) is 14.5 Å². The van der Waals surface area contributed by atoms with Gasteiger partial charge in [0.1, 0.15) is 5.75 Å². The van der Waals surface area contributed by atoms with Gasteiger partial charge in [0.05, 0.1) is 18.3 Å². The second-order valence-electron chi connectivity index (χ2n) is 5.20. The highest BCUT2D eigenvalue weighted by Gasteiger charge is 2.13. The van der Waals surface area contributed by atoms with Gasteiger partial charge in [0.2, 0.25) is 5.95 Å². The van der Waals surface area contributed by atoms with Crippen molar-refractivity contribution in [3.05, 3.63) is 73.1 Å². The standard InChI is InChI=1S/C19H15N3O/c1-23-16-9-7-14(8-10-16)18-13-15-5-2-3-6-17(15)22(18)19-20-11-4-12-21-19/h2-13H,1H3. The van der Waals surface area contributed by atoms with Crippen LogP contribution in [0.1, 0.15) is 0 Å². The van der Waals surface area contributed by atoms with E-state index in [-0.39, 0.29) is 0 Å². The Hall–Kier alpha value is -3.14. The third-order valence-electron chi connectivity index (χ3n) is 3.85. The Labute approximate surface area is 134 Å². The summed E-state index contributed by atoms with van der Waals surface area (Å²) in [5.74, 6) is 1.51. The van der Waals surface area contributed by atoms with Crippen molar-refractivity contribution in [3.63, 3.8) is 0 Å². The summed E-state index contributed by atoms with van der Waals surface area (Å²) in [7, 11) is 1.67. The number of fused-ring (bicyclic) bond motifs is 1. The fourth-order valence-electron chi connectivity index (χ4n) is 2.75. The lowest BCUT2D eigenvalue weighted by Gasteiger charge is -2.09. The molecule has 23 heavy (non-hydrogen) atoms. The van der Waals surface area contributed by atoms with E-state index >= 15 is 0 Å². The SMILES string of the molecule is COc1ccc(-c2cc3ccccc3n2-c2ncccn2)cc1. The Balaban J connectivity index is 1.98. The lowest BCUT2D eigenvalue weighted by Crippen LogP contribution is -2.01. The highest BCUT2D eigenvalue weighted by molar-refractivity contribution is 5.88. The first-order valence-electron chi connectivity index (χ1n) is 7.39. The number of para-hydroxylation sites is 1. The maximum atomic E-state index is 5.25. The minimum atomic E-state index is 0.666. The van der Waals surface area contributed by atoms with Crippen LogP contribution in [0.2, 0.25) is 0 Å². The Kier molecular flexibility index (Phi) is 3.27. The Morgan fingerprint density at radius 3 is 2.35 bits per heavy atom. The molecule has 112 valence electrons. The predicted molar refractivity (Wildman–Crippen MR) is 90.9 cm³/mol. The van der Waals surface area contributed by atoms with Gasteiger partial charge in [0.25, 0.3) is 0 Å². The molecule has 0 aliphatic carbocycles. The highest BCUT2D eigenvalue weighted by atomic mass is 16.5. The topological polar surface area (TPSA) is 39.9 Å². The molecule has 0 radical (unpaired) electrons. The normalized spacial score (nSPS) is 10.8. The van der Waals surface area contributed by atoms with Crippen LogP contribution in [0.3, 0.4) is 0 Å². The quantitative estimate of drug-likeness (QED) is 0.572. The van der Waals surface area contributed by atoms with Crippen LogP contribution >= 0.6 is 0 Å². The Bertz CT molecular complexity index is 943. The molecule has 0 N–H and O–H groups in total. The number of nitrogens with zero attached hydrogens (tertiary/aromatic N) is 3. The highest BCUT2D eigenvalue weighted by Crippen LogP contribution is 2.31. The lowest BCUT2D eigenvalue weighted by molar-refractivity contribution is 0.415. The third-order valence-corrected chi connectivity index (χ3v) is 3.85. The average molecular weight is 301 g/mol. The molecule has 0 amide bonds. The van der Waals surface area contributed by atoms with E-state index in [0.717, 1.165) is 27.9 Å².